The minimum Gasteiger partial charge on any atom is -0.369 e. The first-order valence-electron chi connectivity index (χ1n) is 12.6. The number of hydrogen-bond acceptors (Lipinski definition) is 7. The second-order valence-corrected chi connectivity index (χ2v) is 9.89. The molecule has 0 unspecified atom stereocenters. The van der Waals surface area contributed by atoms with E-state index < -0.39 is 0 Å². The number of halogens is 1. The minimum absolute atomic E-state index is 0.206. The van der Waals surface area contributed by atoms with Crippen LogP contribution in [0.25, 0.3) is 28.1 Å². The van der Waals surface area contributed by atoms with E-state index in [0.717, 1.165) is 68.9 Å². The number of nitrogens with zero attached hydrogens (tertiary/aromatic N) is 8. The number of rotatable bonds is 4. The van der Waals surface area contributed by atoms with Crippen molar-refractivity contribution in [2.75, 3.05) is 50.1 Å². The Kier molecular flexibility index (Phi) is 5.72. The SMILES string of the molecule is CN(C)C1CCN(c2ccc(-c3ccc4ncc5nnc(N6CCCCC6)n5c4n3)cc2F)CC1. The zero-order valence-electron chi connectivity index (χ0n) is 20.4. The molecular weight excluding hydrogens is 443 g/mol. The lowest BCUT2D eigenvalue weighted by molar-refractivity contribution is 0.249. The van der Waals surface area contributed by atoms with Gasteiger partial charge < -0.3 is 14.7 Å². The van der Waals surface area contributed by atoms with E-state index in [4.69, 9.17) is 4.98 Å². The van der Waals surface area contributed by atoms with Gasteiger partial charge in [0.25, 0.3) is 0 Å². The van der Waals surface area contributed by atoms with Crippen LogP contribution >= 0.6 is 0 Å². The third kappa shape index (κ3) is 4.07. The van der Waals surface area contributed by atoms with Gasteiger partial charge >= 0.3 is 0 Å². The smallest absolute Gasteiger partial charge is 0.233 e. The van der Waals surface area contributed by atoms with Crippen LogP contribution in [0.4, 0.5) is 16.0 Å². The van der Waals surface area contributed by atoms with Crippen LogP contribution in [0.2, 0.25) is 0 Å². The van der Waals surface area contributed by atoms with E-state index in [9.17, 15) is 0 Å². The van der Waals surface area contributed by atoms with Gasteiger partial charge in [-0.05, 0) is 70.5 Å². The summed E-state index contributed by atoms with van der Waals surface area (Å²) in [5.74, 6) is 0.599. The first-order valence-corrected chi connectivity index (χ1v) is 12.6. The highest BCUT2D eigenvalue weighted by molar-refractivity contribution is 5.79. The van der Waals surface area contributed by atoms with Crippen molar-refractivity contribution in [2.45, 2.75) is 38.1 Å². The van der Waals surface area contributed by atoms with Crippen LogP contribution < -0.4 is 9.80 Å². The monoisotopic (exact) mass is 474 g/mol. The van der Waals surface area contributed by atoms with E-state index in [1.165, 1.54) is 6.42 Å². The highest BCUT2D eigenvalue weighted by Gasteiger charge is 2.23. The third-order valence-corrected chi connectivity index (χ3v) is 7.47. The van der Waals surface area contributed by atoms with Crippen molar-refractivity contribution in [1.29, 1.82) is 0 Å². The van der Waals surface area contributed by atoms with E-state index in [1.807, 2.05) is 28.7 Å². The Balaban J connectivity index is 1.34. The highest BCUT2D eigenvalue weighted by atomic mass is 19.1. The van der Waals surface area contributed by atoms with Crippen molar-refractivity contribution in [1.82, 2.24) is 29.5 Å². The molecule has 2 aliphatic heterocycles. The van der Waals surface area contributed by atoms with Crippen molar-refractivity contribution in [3.05, 3.63) is 42.3 Å². The van der Waals surface area contributed by atoms with Crippen LogP contribution in [0.3, 0.4) is 0 Å². The molecule has 0 spiro atoms. The summed E-state index contributed by atoms with van der Waals surface area (Å²) < 4.78 is 17.3. The molecule has 0 atom stereocenters. The van der Waals surface area contributed by atoms with Gasteiger partial charge in [-0.2, -0.15) is 0 Å². The summed E-state index contributed by atoms with van der Waals surface area (Å²) in [7, 11) is 4.23. The number of piperidine rings is 2. The normalized spacial score (nSPS) is 17.7. The zero-order chi connectivity index (χ0) is 23.9. The zero-order valence-corrected chi connectivity index (χ0v) is 20.4. The van der Waals surface area contributed by atoms with Crippen LogP contribution in [-0.2, 0) is 0 Å². The summed E-state index contributed by atoms with van der Waals surface area (Å²) in [5, 5.41) is 8.80. The first-order chi connectivity index (χ1) is 17.1. The molecule has 8 nitrogen and oxygen atoms in total. The van der Waals surface area contributed by atoms with Gasteiger partial charge in [0.2, 0.25) is 5.95 Å². The minimum atomic E-state index is -0.206. The number of hydrogen-bond donors (Lipinski definition) is 0. The summed E-state index contributed by atoms with van der Waals surface area (Å²) >= 11 is 0. The molecule has 2 fully saturated rings. The molecule has 0 amide bonds. The molecule has 1 aromatic carbocycles. The first kappa shape index (κ1) is 22.2. The summed E-state index contributed by atoms with van der Waals surface area (Å²) in [6, 6.07) is 9.87. The lowest BCUT2D eigenvalue weighted by Crippen LogP contribution is -2.42. The molecule has 9 heteroatoms. The molecule has 0 saturated carbocycles. The molecule has 0 aliphatic carbocycles. The second-order valence-electron chi connectivity index (χ2n) is 9.89. The second kappa shape index (κ2) is 9.03. The largest absolute Gasteiger partial charge is 0.369 e. The third-order valence-electron chi connectivity index (χ3n) is 7.47. The fourth-order valence-electron chi connectivity index (χ4n) is 5.41. The predicted octanol–water partition coefficient (Wildman–Crippen LogP) is 4.00. The summed E-state index contributed by atoms with van der Waals surface area (Å²) in [6.45, 7) is 3.65. The van der Waals surface area contributed by atoms with Gasteiger partial charge in [-0.1, -0.05) is 6.07 Å². The number of fused-ring (bicyclic) bond motifs is 3. The molecule has 2 aliphatic rings. The predicted molar refractivity (Wildman–Crippen MR) is 136 cm³/mol. The molecule has 35 heavy (non-hydrogen) atoms. The Morgan fingerprint density at radius 3 is 2.46 bits per heavy atom. The van der Waals surface area contributed by atoms with Crippen molar-refractivity contribution >= 4 is 28.4 Å². The molecule has 5 heterocycles. The fourth-order valence-corrected chi connectivity index (χ4v) is 5.41. The quantitative estimate of drug-likeness (QED) is 0.443. The van der Waals surface area contributed by atoms with Gasteiger partial charge in [0.05, 0.1) is 17.6 Å². The van der Waals surface area contributed by atoms with Crippen molar-refractivity contribution < 1.29 is 4.39 Å². The average molecular weight is 475 g/mol. The highest BCUT2D eigenvalue weighted by Crippen LogP contribution is 2.30. The molecule has 4 aromatic rings. The van der Waals surface area contributed by atoms with Crippen LogP contribution in [-0.4, -0.2) is 75.8 Å². The Morgan fingerprint density at radius 2 is 1.71 bits per heavy atom. The van der Waals surface area contributed by atoms with Crippen LogP contribution in [0.1, 0.15) is 32.1 Å². The molecule has 0 radical (unpaired) electrons. The maximum absolute atomic E-state index is 15.3. The van der Waals surface area contributed by atoms with E-state index in [-0.39, 0.29) is 5.82 Å². The Hall–Kier alpha value is -3.33. The van der Waals surface area contributed by atoms with Crippen LogP contribution in [0, 0.1) is 5.82 Å². The van der Waals surface area contributed by atoms with E-state index in [2.05, 4.69) is 44.0 Å². The topological polar surface area (TPSA) is 65.7 Å². The number of pyridine rings is 1. The molecule has 182 valence electrons. The molecule has 2 saturated heterocycles. The van der Waals surface area contributed by atoms with E-state index in [0.29, 0.717) is 28.7 Å². The molecule has 0 bridgehead atoms. The van der Waals surface area contributed by atoms with Crippen molar-refractivity contribution in [3.8, 4) is 11.3 Å². The summed E-state index contributed by atoms with van der Waals surface area (Å²) in [6.07, 6.45) is 7.36. The van der Waals surface area contributed by atoms with Crippen molar-refractivity contribution in [3.63, 3.8) is 0 Å². The molecule has 3 aromatic heterocycles. The Labute approximate surface area is 204 Å². The maximum Gasteiger partial charge on any atom is 0.233 e. The number of aromatic nitrogens is 5. The maximum atomic E-state index is 15.3. The van der Waals surface area contributed by atoms with Gasteiger partial charge in [0.15, 0.2) is 11.3 Å². The van der Waals surface area contributed by atoms with Gasteiger partial charge in [0, 0.05) is 37.8 Å². The average Bonchev–Trinajstić information content (AvgIpc) is 3.34. The Morgan fingerprint density at radius 1 is 0.914 bits per heavy atom. The number of benzene rings is 1. The Bertz CT molecular complexity index is 1350. The van der Waals surface area contributed by atoms with Crippen LogP contribution in [0.5, 0.6) is 0 Å². The van der Waals surface area contributed by atoms with Crippen LogP contribution in [0.15, 0.2) is 36.5 Å². The molecule has 0 N–H and O–H groups in total. The summed E-state index contributed by atoms with van der Waals surface area (Å²) in [4.78, 5) is 16.1. The molecular formula is C26H31FN8. The van der Waals surface area contributed by atoms with Gasteiger partial charge in [0.1, 0.15) is 11.3 Å². The van der Waals surface area contributed by atoms with Gasteiger partial charge in [-0.15, -0.1) is 10.2 Å². The van der Waals surface area contributed by atoms with E-state index >= 15 is 4.39 Å². The van der Waals surface area contributed by atoms with Gasteiger partial charge in [-0.25, -0.2) is 18.8 Å². The number of anilines is 2. The van der Waals surface area contributed by atoms with Crippen molar-refractivity contribution in [2.24, 2.45) is 0 Å². The standard InChI is InChI=1S/C26H31FN8/c1-32(2)19-10-14-33(15-11-19)23-9-6-18(16-20(23)27)21-7-8-22-25(29-21)35-24(17-28-22)30-31-26(35)34-12-4-3-5-13-34/h6-9,16-17,19H,3-5,10-15H2,1-2H3. The van der Waals surface area contributed by atoms with E-state index in [1.54, 1.807) is 12.3 Å². The molecule has 6 rings (SSSR count). The van der Waals surface area contributed by atoms with Gasteiger partial charge in [-0.3, -0.25) is 0 Å². The lowest BCUT2D eigenvalue weighted by Gasteiger charge is -2.36. The fraction of sp³-hybridized carbons (Fsp3) is 0.462. The summed E-state index contributed by atoms with van der Waals surface area (Å²) in [5.41, 5.74) is 4.26. The lowest BCUT2D eigenvalue weighted by atomic mass is 10.0.